The number of rotatable bonds is 3. The van der Waals surface area contributed by atoms with Gasteiger partial charge in [0.25, 0.3) is 4.84 Å². The van der Waals surface area contributed by atoms with Crippen molar-refractivity contribution in [2.75, 3.05) is 6.61 Å². The van der Waals surface area contributed by atoms with Gasteiger partial charge in [-0.15, -0.1) is 5.10 Å². The molecule has 0 saturated heterocycles. The molecule has 84 valence electrons. The fourth-order valence-electron chi connectivity index (χ4n) is 1.27. The highest BCUT2D eigenvalue weighted by molar-refractivity contribution is 7.71. The molecule has 0 aliphatic rings. The Hall–Kier alpha value is -1.33. The van der Waals surface area contributed by atoms with Crippen molar-refractivity contribution in [3.8, 4) is 17.2 Å². The maximum atomic E-state index is 6.08. The van der Waals surface area contributed by atoms with E-state index in [1.807, 2.05) is 6.92 Å². The molecule has 4 nitrogen and oxygen atoms in total. The molecule has 6 heteroatoms. The number of benzene rings is 1. The van der Waals surface area contributed by atoms with Crippen LogP contribution in [0.1, 0.15) is 6.92 Å². The second-order valence-electron chi connectivity index (χ2n) is 2.99. The van der Waals surface area contributed by atoms with E-state index in [9.17, 15) is 0 Å². The van der Waals surface area contributed by atoms with Gasteiger partial charge in [-0.05, 0) is 37.3 Å². The lowest BCUT2D eigenvalue weighted by Gasteiger charge is -2.04. The predicted octanol–water partition coefficient (Wildman–Crippen LogP) is 3.45. The number of H-pyrrole nitrogens is 1. The van der Waals surface area contributed by atoms with E-state index in [4.69, 9.17) is 33.0 Å². The van der Waals surface area contributed by atoms with Gasteiger partial charge < -0.3 is 9.15 Å². The van der Waals surface area contributed by atoms with Crippen molar-refractivity contribution in [2.24, 2.45) is 0 Å². The minimum atomic E-state index is 0.222. The molecule has 1 heterocycles. The van der Waals surface area contributed by atoms with Crippen molar-refractivity contribution >= 4 is 23.8 Å². The number of hydrogen-bond acceptors (Lipinski definition) is 4. The summed E-state index contributed by atoms with van der Waals surface area (Å²) in [6, 6.07) is 5.30. The van der Waals surface area contributed by atoms with Crippen LogP contribution in [0.25, 0.3) is 11.5 Å². The molecule has 0 aliphatic carbocycles. The molecule has 0 spiro atoms. The first-order valence-corrected chi connectivity index (χ1v) is 5.47. The molecule has 0 fully saturated rings. The van der Waals surface area contributed by atoms with E-state index in [-0.39, 0.29) is 4.84 Å². The van der Waals surface area contributed by atoms with Crippen molar-refractivity contribution in [2.45, 2.75) is 6.92 Å². The average molecular weight is 257 g/mol. The molecular formula is C10H9ClN2O2S. The molecule has 1 aromatic carbocycles. The summed E-state index contributed by atoms with van der Waals surface area (Å²) in [5.41, 5.74) is 0.678. The lowest BCUT2D eigenvalue weighted by atomic mass is 10.2. The van der Waals surface area contributed by atoms with Gasteiger partial charge in [-0.1, -0.05) is 11.6 Å². The van der Waals surface area contributed by atoms with E-state index in [1.165, 1.54) is 0 Å². The van der Waals surface area contributed by atoms with Gasteiger partial charge in [0.2, 0.25) is 5.89 Å². The summed E-state index contributed by atoms with van der Waals surface area (Å²) in [4.78, 5) is 0.222. The third-order valence-electron chi connectivity index (χ3n) is 1.92. The molecule has 1 aromatic heterocycles. The smallest absolute Gasteiger partial charge is 0.284 e. The molecule has 0 aliphatic heterocycles. The van der Waals surface area contributed by atoms with Crippen LogP contribution in [0.4, 0.5) is 0 Å². The summed E-state index contributed by atoms with van der Waals surface area (Å²) in [6.45, 7) is 2.51. The molecule has 1 N–H and O–H groups in total. The summed E-state index contributed by atoms with van der Waals surface area (Å²) in [6.07, 6.45) is 0. The van der Waals surface area contributed by atoms with Crippen LogP contribution >= 0.6 is 23.8 Å². The summed E-state index contributed by atoms with van der Waals surface area (Å²) in [7, 11) is 0. The van der Waals surface area contributed by atoms with Gasteiger partial charge in [0.05, 0.1) is 17.2 Å². The second kappa shape index (κ2) is 4.67. The van der Waals surface area contributed by atoms with E-state index in [1.54, 1.807) is 18.2 Å². The van der Waals surface area contributed by atoms with Crippen LogP contribution in [0, 0.1) is 4.84 Å². The highest BCUT2D eigenvalue weighted by Gasteiger charge is 2.09. The molecular weight excluding hydrogens is 248 g/mol. The highest BCUT2D eigenvalue weighted by Crippen LogP contribution is 2.29. The molecule has 16 heavy (non-hydrogen) atoms. The summed E-state index contributed by atoms with van der Waals surface area (Å²) in [5, 5.41) is 6.95. The Bertz CT molecular complexity index is 550. The number of halogens is 1. The van der Waals surface area contributed by atoms with Crippen molar-refractivity contribution < 1.29 is 9.15 Å². The minimum Gasteiger partial charge on any atom is -0.494 e. The molecule has 2 rings (SSSR count). The lowest BCUT2D eigenvalue weighted by molar-refractivity contribution is 0.340. The summed E-state index contributed by atoms with van der Waals surface area (Å²) < 4.78 is 10.5. The van der Waals surface area contributed by atoms with E-state index in [2.05, 4.69) is 10.2 Å². The first kappa shape index (κ1) is 11.2. The van der Waals surface area contributed by atoms with Gasteiger partial charge in [0.1, 0.15) is 5.75 Å². The van der Waals surface area contributed by atoms with E-state index >= 15 is 0 Å². The number of aromatic nitrogens is 2. The maximum absolute atomic E-state index is 6.08. The average Bonchev–Trinajstić information content (AvgIpc) is 2.65. The molecule has 0 radical (unpaired) electrons. The number of nitrogens with one attached hydrogen (secondary N) is 1. The van der Waals surface area contributed by atoms with Gasteiger partial charge in [-0.2, -0.15) is 0 Å². The van der Waals surface area contributed by atoms with Crippen LogP contribution in [0.15, 0.2) is 22.6 Å². The molecule has 0 amide bonds. The largest absolute Gasteiger partial charge is 0.494 e. The Labute approximate surface area is 102 Å². The van der Waals surface area contributed by atoms with Crippen molar-refractivity contribution in [1.82, 2.24) is 10.2 Å². The van der Waals surface area contributed by atoms with Gasteiger partial charge in [0.15, 0.2) is 0 Å². The topological polar surface area (TPSA) is 51.0 Å². The van der Waals surface area contributed by atoms with Gasteiger partial charge in [-0.25, -0.2) is 5.10 Å². The van der Waals surface area contributed by atoms with Crippen LogP contribution in [-0.2, 0) is 0 Å². The number of nitrogens with zero attached hydrogens (tertiary/aromatic N) is 1. The molecule has 0 atom stereocenters. The van der Waals surface area contributed by atoms with Crippen molar-refractivity contribution in [3.63, 3.8) is 0 Å². The summed E-state index contributed by atoms with van der Waals surface area (Å²) in [5.74, 6) is 1.09. The van der Waals surface area contributed by atoms with Crippen molar-refractivity contribution in [3.05, 3.63) is 28.1 Å². The fraction of sp³-hybridized carbons (Fsp3) is 0.200. The zero-order chi connectivity index (χ0) is 11.5. The number of ether oxygens (including phenoxy) is 1. The maximum Gasteiger partial charge on any atom is 0.284 e. The normalized spacial score (nSPS) is 10.4. The first-order valence-electron chi connectivity index (χ1n) is 4.69. The van der Waals surface area contributed by atoms with E-state index in [0.717, 1.165) is 0 Å². The lowest BCUT2D eigenvalue weighted by Crippen LogP contribution is -1.91. The molecule has 0 unspecified atom stereocenters. The Balaban J connectivity index is 2.39. The zero-order valence-electron chi connectivity index (χ0n) is 8.49. The highest BCUT2D eigenvalue weighted by atomic mass is 35.5. The summed E-state index contributed by atoms with van der Waals surface area (Å²) >= 11 is 10.9. The SMILES string of the molecule is CCOc1ccc(-c2n[nH]c(=S)o2)c(Cl)c1. The van der Waals surface area contributed by atoms with Gasteiger partial charge >= 0.3 is 0 Å². The van der Waals surface area contributed by atoms with E-state index in [0.29, 0.717) is 28.8 Å². The van der Waals surface area contributed by atoms with Gasteiger partial charge in [0, 0.05) is 0 Å². The molecule has 2 aromatic rings. The third kappa shape index (κ3) is 2.25. The Kier molecular flexibility index (Phi) is 3.26. The first-order chi connectivity index (χ1) is 7.70. The van der Waals surface area contributed by atoms with Crippen LogP contribution in [-0.4, -0.2) is 16.8 Å². The van der Waals surface area contributed by atoms with Crippen LogP contribution in [0.5, 0.6) is 5.75 Å². The van der Waals surface area contributed by atoms with Crippen molar-refractivity contribution in [1.29, 1.82) is 0 Å². The number of aromatic amines is 1. The fourth-order valence-corrected chi connectivity index (χ4v) is 1.65. The Morgan fingerprint density at radius 1 is 1.56 bits per heavy atom. The monoisotopic (exact) mass is 256 g/mol. The van der Waals surface area contributed by atoms with Gasteiger partial charge in [-0.3, -0.25) is 0 Å². The standard InChI is InChI=1S/C10H9ClN2O2S/c1-2-14-6-3-4-7(8(11)5-6)9-12-13-10(16)15-9/h3-5H,2H2,1H3,(H,13,16). The van der Waals surface area contributed by atoms with E-state index < -0.39 is 0 Å². The van der Waals surface area contributed by atoms with Crippen LogP contribution in [0.3, 0.4) is 0 Å². The molecule has 0 saturated carbocycles. The predicted molar refractivity (Wildman–Crippen MR) is 63.3 cm³/mol. The zero-order valence-corrected chi connectivity index (χ0v) is 10.1. The quantitative estimate of drug-likeness (QED) is 0.855. The minimum absolute atomic E-state index is 0.222. The Morgan fingerprint density at radius 2 is 2.38 bits per heavy atom. The second-order valence-corrected chi connectivity index (χ2v) is 3.77. The third-order valence-corrected chi connectivity index (χ3v) is 2.41. The van der Waals surface area contributed by atoms with Crippen LogP contribution in [0.2, 0.25) is 5.02 Å². The van der Waals surface area contributed by atoms with Crippen LogP contribution < -0.4 is 4.74 Å². The Morgan fingerprint density at radius 3 is 2.94 bits per heavy atom. The number of hydrogen-bond donors (Lipinski definition) is 1. The molecule has 0 bridgehead atoms.